The second kappa shape index (κ2) is 8.75. The third kappa shape index (κ3) is 4.90. The van der Waals surface area contributed by atoms with Gasteiger partial charge in [-0.15, -0.1) is 0 Å². The van der Waals surface area contributed by atoms with Crippen molar-refractivity contribution in [3.8, 4) is 5.75 Å². The van der Waals surface area contributed by atoms with Gasteiger partial charge in [0.25, 0.3) is 5.91 Å². The quantitative estimate of drug-likeness (QED) is 0.753. The summed E-state index contributed by atoms with van der Waals surface area (Å²) in [5.41, 5.74) is 1.86. The highest BCUT2D eigenvalue weighted by molar-refractivity contribution is 9.10. The highest BCUT2D eigenvalue weighted by Gasteiger charge is 2.17. The molecule has 2 aromatic carbocycles. The Hall–Kier alpha value is -1.76. The topological polar surface area (TPSA) is 50.8 Å². The number of rotatable bonds is 5. The molecule has 2 aromatic rings. The highest BCUT2D eigenvalue weighted by Crippen LogP contribution is 2.29. The molecule has 0 aromatic heterocycles. The number of hydrogen-bond donors (Lipinski definition) is 1. The Bertz CT molecular complexity index is 764. The van der Waals surface area contributed by atoms with Crippen LogP contribution in [-0.4, -0.2) is 38.3 Å². The van der Waals surface area contributed by atoms with E-state index in [4.69, 9.17) is 21.1 Å². The van der Waals surface area contributed by atoms with Crippen LogP contribution < -0.4 is 15.0 Å². The van der Waals surface area contributed by atoms with E-state index >= 15 is 0 Å². The normalized spacial score (nSPS) is 15.4. The molecule has 0 saturated carbocycles. The van der Waals surface area contributed by atoms with Crippen LogP contribution in [0.5, 0.6) is 5.75 Å². The molecule has 1 N–H and O–H groups in total. The van der Waals surface area contributed by atoms with Crippen LogP contribution in [0, 0.1) is 0 Å². The summed E-state index contributed by atoms with van der Waals surface area (Å²) in [4.78, 5) is 14.6. The van der Waals surface area contributed by atoms with Crippen LogP contribution in [0.15, 0.2) is 46.9 Å². The third-order valence-corrected chi connectivity index (χ3v) is 4.93. The van der Waals surface area contributed by atoms with Crippen molar-refractivity contribution in [2.45, 2.75) is 13.0 Å². The molecular weight excluding hydrogens is 420 g/mol. The summed E-state index contributed by atoms with van der Waals surface area (Å²) < 4.78 is 11.8. The molecule has 7 heteroatoms. The average molecular weight is 440 g/mol. The molecule has 1 saturated heterocycles. The summed E-state index contributed by atoms with van der Waals surface area (Å²) in [7, 11) is 0. The van der Waals surface area contributed by atoms with Crippen LogP contribution >= 0.6 is 27.5 Å². The van der Waals surface area contributed by atoms with Crippen LogP contribution in [0.1, 0.15) is 6.92 Å². The molecule has 1 aliphatic rings. The maximum absolute atomic E-state index is 12.4. The summed E-state index contributed by atoms with van der Waals surface area (Å²) >= 11 is 9.30. The first-order chi connectivity index (χ1) is 12.5. The number of hydrogen-bond acceptors (Lipinski definition) is 4. The molecule has 26 heavy (non-hydrogen) atoms. The molecule has 138 valence electrons. The third-order valence-electron chi connectivity index (χ3n) is 4.08. The second-order valence-electron chi connectivity index (χ2n) is 5.97. The van der Waals surface area contributed by atoms with E-state index in [0.29, 0.717) is 15.2 Å². The van der Waals surface area contributed by atoms with E-state index in [1.807, 2.05) is 24.3 Å². The van der Waals surface area contributed by atoms with Gasteiger partial charge in [-0.3, -0.25) is 4.79 Å². The summed E-state index contributed by atoms with van der Waals surface area (Å²) in [6.45, 7) is 4.96. The second-order valence-corrected chi connectivity index (χ2v) is 7.26. The van der Waals surface area contributed by atoms with Crippen molar-refractivity contribution in [2.75, 3.05) is 36.5 Å². The smallest absolute Gasteiger partial charge is 0.265 e. The van der Waals surface area contributed by atoms with Crippen molar-refractivity contribution in [3.05, 3.63) is 52.0 Å². The fourth-order valence-corrected chi connectivity index (χ4v) is 3.41. The summed E-state index contributed by atoms with van der Waals surface area (Å²) in [6, 6.07) is 13.0. The van der Waals surface area contributed by atoms with Gasteiger partial charge >= 0.3 is 0 Å². The molecule has 1 atom stereocenters. The molecule has 1 fully saturated rings. The molecule has 0 spiro atoms. The first-order valence-corrected chi connectivity index (χ1v) is 9.55. The monoisotopic (exact) mass is 438 g/mol. The lowest BCUT2D eigenvalue weighted by molar-refractivity contribution is -0.122. The van der Waals surface area contributed by atoms with Crippen molar-refractivity contribution in [1.29, 1.82) is 0 Å². The van der Waals surface area contributed by atoms with Gasteiger partial charge in [0.15, 0.2) is 6.10 Å². The number of morpholine rings is 1. The minimum Gasteiger partial charge on any atom is -0.480 e. The molecule has 5 nitrogen and oxygen atoms in total. The number of anilines is 2. The van der Waals surface area contributed by atoms with Gasteiger partial charge in [0.2, 0.25) is 0 Å². The van der Waals surface area contributed by atoms with Gasteiger partial charge in [-0.1, -0.05) is 11.6 Å². The summed E-state index contributed by atoms with van der Waals surface area (Å²) in [5, 5.41) is 3.47. The lowest BCUT2D eigenvalue weighted by Gasteiger charge is -2.29. The number of ether oxygens (including phenoxy) is 2. The Morgan fingerprint density at radius 1 is 1.23 bits per heavy atom. The fourth-order valence-electron chi connectivity index (χ4n) is 2.64. The van der Waals surface area contributed by atoms with Gasteiger partial charge in [-0.05, 0) is 65.3 Å². The number of carbonyl (C=O) groups is 1. The van der Waals surface area contributed by atoms with E-state index in [9.17, 15) is 4.79 Å². The van der Waals surface area contributed by atoms with Gasteiger partial charge in [0.05, 0.1) is 17.7 Å². The first kappa shape index (κ1) is 19.0. The summed E-state index contributed by atoms with van der Waals surface area (Å²) in [5.74, 6) is 0.352. The molecule has 1 aliphatic heterocycles. The van der Waals surface area contributed by atoms with Gasteiger partial charge in [0.1, 0.15) is 5.75 Å². The maximum Gasteiger partial charge on any atom is 0.265 e. The number of carbonyl (C=O) groups excluding carboxylic acids is 1. The number of halogens is 2. The lowest BCUT2D eigenvalue weighted by Crippen LogP contribution is -2.36. The zero-order valence-corrected chi connectivity index (χ0v) is 16.7. The first-order valence-electron chi connectivity index (χ1n) is 8.38. The highest BCUT2D eigenvalue weighted by atomic mass is 79.9. The lowest BCUT2D eigenvalue weighted by atomic mass is 10.2. The van der Waals surface area contributed by atoms with Crippen LogP contribution in [0.25, 0.3) is 0 Å². The van der Waals surface area contributed by atoms with Crippen LogP contribution in [0.2, 0.25) is 5.02 Å². The largest absolute Gasteiger partial charge is 0.480 e. The van der Waals surface area contributed by atoms with Crippen LogP contribution in [-0.2, 0) is 9.53 Å². The number of benzene rings is 2. The predicted octanol–water partition coefficient (Wildman–Crippen LogP) is 4.35. The Balaban J connectivity index is 1.58. The van der Waals surface area contributed by atoms with Gasteiger partial charge in [0, 0.05) is 29.5 Å². The Labute approximate surface area is 166 Å². The molecule has 1 amide bonds. The van der Waals surface area contributed by atoms with E-state index in [1.165, 1.54) is 0 Å². The van der Waals surface area contributed by atoms with Crippen molar-refractivity contribution >= 4 is 44.8 Å². The Morgan fingerprint density at radius 2 is 1.92 bits per heavy atom. The van der Waals surface area contributed by atoms with Crippen molar-refractivity contribution in [2.24, 2.45) is 0 Å². The molecule has 1 heterocycles. The van der Waals surface area contributed by atoms with Gasteiger partial charge in [-0.25, -0.2) is 0 Å². The zero-order valence-electron chi connectivity index (χ0n) is 14.4. The molecule has 0 aliphatic carbocycles. The minimum absolute atomic E-state index is 0.217. The average Bonchev–Trinajstić information content (AvgIpc) is 2.65. The van der Waals surface area contributed by atoms with Crippen molar-refractivity contribution < 1.29 is 14.3 Å². The minimum atomic E-state index is -0.647. The van der Waals surface area contributed by atoms with Crippen LogP contribution in [0.3, 0.4) is 0 Å². The number of nitrogens with one attached hydrogen (secondary N) is 1. The van der Waals surface area contributed by atoms with Gasteiger partial charge < -0.3 is 19.7 Å². The molecule has 3 rings (SSSR count). The van der Waals surface area contributed by atoms with E-state index in [-0.39, 0.29) is 5.91 Å². The number of nitrogens with zero attached hydrogens (tertiary/aromatic N) is 1. The molecular formula is C19H20BrClN2O3. The van der Waals surface area contributed by atoms with E-state index in [1.54, 1.807) is 25.1 Å². The van der Waals surface area contributed by atoms with Gasteiger partial charge in [-0.2, -0.15) is 0 Å². The van der Waals surface area contributed by atoms with Crippen molar-refractivity contribution in [1.82, 2.24) is 0 Å². The Morgan fingerprint density at radius 3 is 2.58 bits per heavy atom. The summed E-state index contributed by atoms with van der Waals surface area (Å²) in [6.07, 6.45) is -0.647. The zero-order chi connectivity index (χ0) is 18.5. The molecule has 0 bridgehead atoms. The maximum atomic E-state index is 12.4. The van der Waals surface area contributed by atoms with Crippen molar-refractivity contribution in [3.63, 3.8) is 0 Å². The Kier molecular flexibility index (Phi) is 6.40. The van der Waals surface area contributed by atoms with E-state index < -0.39 is 6.10 Å². The number of amides is 1. The predicted molar refractivity (Wildman–Crippen MR) is 107 cm³/mol. The standard InChI is InChI=1S/C19H20BrClN2O3/c1-13(26-18-7-2-14(21)12-17(18)20)19(24)22-15-3-5-16(6-4-15)23-8-10-25-11-9-23/h2-7,12-13H,8-11H2,1H3,(H,22,24)/t13-/m1/s1. The van der Waals surface area contributed by atoms with Crippen LogP contribution in [0.4, 0.5) is 11.4 Å². The SMILES string of the molecule is C[C@@H](Oc1ccc(Cl)cc1Br)C(=O)Nc1ccc(N2CCOCC2)cc1. The molecule has 0 unspecified atom stereocenters. The fraction of sp³-hybridized carbons (Fsp3) is 0.316. The molecule has 0 radical (unpaired) electrons. The van der Waals surface area contributed by atoms with E-state index in [2.05, 4.69) is 26.1 Å². The van der Waals surface area contributed by atoms with E-state index in [0.717, 1.165) is 37.7 Å².